The highest BCUT2D eigenvalue weighted by Gasteiger charge is 2.47. The highest BCUT2D eigenvalue weighted by molar-refractivity contribution is 5.95. The van der Waals surface area contributed by atoms with Crippen LogP contribution >= 0.6 is 0 Å². The Morgan fingerprint density at radius 1 is 0.943 bits per heavy atom. The Kier molecular flexibility index (Phi) is 5.76. The molecule has 1 fully saturated rings. The smallest absolute Gasteiger partial charge is 0.407 e. The van der Waals surface area contributed by atoms with Crippen LogP contribution in [0.25, 0.3) is 11.1 Å². The van der Waals surface area contributed by atoms with Crippen LogP contribution in [0.15, 0.2) is 72.8 Å². The van der Waals surface area contributed by atoms with Crippen LogP contribution in [0.5, 0.6) is 0 Å². The average molecular weight is 471 g/mol. The van der Waals surface area contributed by atoms with Crippen LogP contribution in [0.1, 0.15) is 46.7 Å². The van der Waals surface area contributed by atoms with E-state index in [-0.39, 0.29) is 30.4 Å². The topological polar surface area (TPSA) is 95.9 Å². The van der Waals surface area contributed by atoms with E-state index in [4.69, 9.17) is 9.84 Å². The zero-order valence-corrected chi connectivity index (χ0v) is 19.4. The molecule has 0 radical (unpaired) electrons. The van der Waals surface area contributed by atoms with E-state index in [2.05, 4.69) is 29.6 Å². The SMILES string of the molecule is CN(C(=O)CC1(NC(=O)OCC2c3ccccc3-c3ccccc32)CC1)c1ccc(C(=O)O)cc1. The van der Waals surface area contributed by atoms with E-state index < -0.39 is 17.6 Å². The van der Waals surface area contributed by atoms with Gasteiger partial charge in [-0.2, -0.15) is 0 Å². The molecule has 0 bridgehead atoms. The molecule has 35 heavy (non-hydrogen) atoms. The Labute approximate surface area is 203 Å². The third kappa shape index (κ3) is 4.49. The minimum absolute atomic E-state index is 0.0233. The van der Waals surface area contributed by atoms with Crippen molar-refractivity contribution in [2.75, 3.05) is 18.6 Å². The monoisotopic (exact) mass is 470 g/mol. The van der Waals surface area contributed by atoms with Crippen LogP contribution in [0.3, 0.4) is 0 Å². The van der Waals surface area contributed by atoms with E-state index in [1.807, 2.05) is 24.3 Å². The number of aromatic carboxylic acids is 1. The lowest BCUT2D eigenvalue weighted by Crippen LogP contribution is -2.42. The maximum atomic E-state index is 12.9. The molecule has 0 spiro atoms. The molecule has 178 valence electrons. The van der Waals surface area contributed by atoms with Gasteiger partial charge >= 0.3 is 12.1 Å². The van der Waals surface area contributed by atoms with Crippen LogP contribution in [0.2, 0.25) is 0 Å². The second kappa shape index (κ2) is 8.91. The molecular weight excluding hydrogens is 444 g/mol. The van der Waals surface area contributed by atoms with E-state index in [0.29, 0.717) is 18.5 Å². The first-order valence-corrected chi connectivity index (χ1v) is 11.6. The number of rotatable bonds is 7. The van der Waals surface area contributed by atoms with Crippen LogP contribution in [0.4, 0.5) is 10.5 Å². The van der Waals surface area contributed by atoms with Gasteiger partial charge in [-0.15, -0.1) is 0 Å². The van der Waals surface area contributed by atoms with Crippen molar-refractivity contribution < 1.29 is 24.2 Å². The first-order chi connectivity index (χ1) is 16.9. The van der Waals surface area contributed by atoms with Crippen molar-refractivity contribution in [1.29, 1.82) is 0 Å². The fourth-order valence-electron chi connectivity index (χ4n) is 4.73. The number of hydrogen-bond acceptors (Lipinski definition) is 4. The number of benzene rings is 3. The Hall–Kier alpha value is -4.13. The van der Waals surface area contributed by atoms with E-state index >= 15 is 0 Å². The van der Waals surface area contributed by atoms with Gasteiger partial charge in [0.25, 0.3) is 0 Å². The molecule has 2 N–H and O–H groups in total. The number of anilines is 1. The number of amides is 2. The van der Waals surface area contributed by atoms with Crippen molar-refractivity contribution in [3.63, 3.8) is 0 Å². The molecule has 0 aromatic heterocycles. The van der Waals surface area contributed by atoms with Gasteiger partial charge in [-0.05, 0) is 59.4 Å². The predicted octanol–water partition coefficient (Wildman–Crippen LogP) is 4.81. The molecule has 7 heteroatoms. The molecule has 5 rings (SSSR count). The number of carboxylic acids is 1. The summed E-state index contributed by atoms with van der Waals surface area (Å²) < 4.78 is 5.65. The number of nitrogens with zero attached hydrogens (tertiary/aromatic N) is 1. The molecule has 0 atom stereocenters. The first kappa shape index (κ1) is 22.7. The summed E-state index contributed by atoms with van der Waals surface area (Å²) in [7, 11) is 1.64. The van der Waals surface area contributed by atoms with Gasteiger partial charge in [0.1, 0.15) is 6.61 Å². The fraction of sp³-hybridized carbons (Fsp3) is 0.250. The maximum Gasteiger partial charge on any atom is 0.407 e. The molecule has 7 nitrogen and oxygen atoms in total. The molecule has 0 aliphatic heterocycles. The quantitative estimate of drug-likeness (QED) is 0.517. The maximum absolute atomic E-state index is 12.9. The molecule has 0 unspecified atom stereocenters. The van der Waals surface area contributed by atoms with Crippen molar-refractivity contribution in [1.82, 2.24) is 5.32 Å². The van der Waals surface area contributed by atoms with Crippen LogP contribution in [0, 0.1) is 0 Å². The summed E-state index contributed by atoms with van der Waals surface area (Å²) in [5.41, 5.74) is 4.78. The third-order valence-electron chi connectivity index (χ3n) is 6.93. The summed E-state index contributed by atoms with van der Waals surface area (Å²) in [5.74, 6) is -1.20. The molecular formula is C28H26N2O5. The van der Waals surface area contributed by atoms with Gasteiger partial charge in [0.05, 0.1) is 17.5 Å². The minimum Gasteiger partial charge on any atom is -0.478 e. The summed E-state index contributed by atoms with van der Waals surface area (Å²) in [6.45, 7) is 0.222. The Morgan fingerprint density at radius 2 is 1.51 bits per heavy atom. The summed E-state index contributed by atoms with van der Waals surface area (Å²) in [4.78, 5) is 38.1. The van der Waals surface area contributed by atoms with Crippen molar-refractivity contribution in [2.45, 2.75) is 30.7 Å². The number of carbonyl (C=O) groups is 3. The third-order valence-corrected chi connectivity index (χ3v) is 6.93. The second-order valence-corrected chi connectivity index (χ2v) is 9.21. The summed E-state index contributed by atoms with van der Waals surface area (Å²) in [6.07, 6.45) is 1.03. The summed E-state index contributed by atoms with van der Waals surface area (Å²) in [6, 6.07) is 22.4. The van der Waals surface area contributed by atoms with Crippen LogP contribution in [-0.2, 0) is 9.53 Å². The van der Waals surface area contributed by atoms with E-state index in [0.717, 1.165) is 11.1 Å². The number of carboxylic acid groups (broad SMARTS) is 1. The van der Waals surface area contributed by atoms with E-state index in [9.17, 15) is 14.4 Å². The largest absolute Gasteiger partial charge is 0.478 e. The predicted molar refractivity (Wildman–Crippen MR) is 132 cm³/mol. The molecule has 2 aliphatic carbocycles. The standard InChI is InChI=1S/C28H26N2O5/c1-30(19-12-10-18(11-13-19)26(32)33)25(31)16-28(14-15-28)29-27(34)35-17-24-22-8-4-2-6-20(22)21-7-3-5-9-23(21)24/h2-13,24H,14-17H2,1H3,(H,29,34)(H,32,33). The normalized spacial score (nSPS) is 15.0. The number of hydrogen-bond donors (Lipinski definition) is 2. The van der Waals surface area contributed by atoms with Gasteiger partial charge in [0.15, 0.2) is 0 Å². The lowest BCUT2D eigenvalue weighted by atomic mass is 9.98. The second-order valence-electron chi connectivity index (χ2n) is 9.21. The highest BCUT2D eigenvalue weighted by Crippen LogP contribution is 2.45. The number of nitrogens with one attached hydrogen (secondary N) is 1. The number of alkyl carbamates (subject to hydrolysis) is 1. The Morgan fingerprint density at radius 3 is 2.06 bits per heavy atom. The van der Waals surface area contributed by atoms with Gasteiger partial charge in [0.2, 0.25) is 5.91 Å². The molecule has 3 aromatic carbocycles. The highest BCUT2D eigenvalue weighted by atomic mass is 16.5. The molecule has 2 aliphatic rings. The molecule has 3 aromatic rings. The van der Waals surface area contributed by atoms with E-state index in [1.54, 1.807) is 19.2 Å². The van der Waals surface area contributed by atoms with Crippen molar-refractivity contribution in [2.24, 2.45) is 0 Å². The molecule has 1 saturated carbocycles. The van der Waals surface area contributed by atoms with Crippen LogP contribution < -0.4 is 10.2 Å². The van der Waals surface area contributed by atoms with Crippen LogP contribution in [-0.4, -0.2) is 42.3 Å². The summed E-state index contributed by atoms with van der Waals surface area (Å²) >= 11 is 0. The zero-order chi connectivity index (χ0) is 24.6. The Bertz CT molecular complexity index is 1250. The molecule has 0 heterocycles. The minimum atomic E-state index is -1.02. The molecule has 0 saturated heterocycles. The fourth-order valence-corrected chi connectivity index (χ4v) is 4.73. The number of ether oxygens (including phenoxy) is 1. The van der Waals surface area contributed by atoms with Crippen molar-refractivity contribution >= 4 is 23.7 Å². The Balaban J connectivity index is 1.19. The number of fused-ring (bicyclic) bond motifs is 3. The lowest BCUT2D eigenvalue weighted by Gasteiger charge is -2.23. The molecule has 2 amide bonds. The van der Waals surface area contributed by atoms with Crippen molar-refractivity contribution in [3.8, 4) is 11.1 Å². The zero-order valence-electron chi connectivity index (χ0n) is 19.4. The van der Waals surface area contributed by atoms with Gasteiger partial charge in [-0.25, -0.2) is 9.59 Å². The van der Waals surface area contributed by atoms with E-state index in [1.165, 1.54) is 28.2 Å². The first-order valence-electron chi connectivity index (χ1n) is 11.6. The van der Waals surface area contributed by atoms with Gasteiger partial charge in [-0.1, -0.05) is 48.5 Å². The summed E-state index contributed by atoms with van der Waals surface area (Å²) in [5, 5.41) is 12.0. The number of carbonyl (C=O) groups excluding carboxylic acids is 2. The van der Waals surface area contributed by atoms with Gasteiger partial charge < -0.3 is 20.1 Å². The average Bonchev–Trinajstić information content (AvgIpc) is 3.54. The van der Waals surface area contributed by atoms with Gasteiger partial charge in [0, 0.05) is 18.7 Å². The van der Waals surface area contributed by atoms with Gasteiger partial charge in [-0.3, -0.25) is 4.79 Å². The lowest BCUT2D eigenvalue weighted by molar-refractivity contribution is -0.118. The van der Waals surface area contributed by atoms with Crippen molar-refractivity contribution in [3.05, 3.63) is 89.5 Å².